The van der Waals surface area contributed by atoms with E-state index in [1.54, 1.807) is 6.92 Å². The van der Waals surface area contributed by atoms with Gasteiger partial charge in [-0.25, -0.2) is 17.5 Å². The number of sulfonamides is 1. The van der Waals surface area contributed by atoms with Crippen LogP contribution in [0.5, 0.6) is 0 Å². The second-order valence-corrected chi connectivity index (χ2v) is 10.9. The summed E-state index contributed by atoms with van der Waals surface area (Å²) in [6.07, 6.45) is 3.48. The number of nitrogens with one attached hydrogen (secondary N) is 1. The zero-order valence-electron chi connectivity index (χ0n) is 17.6. The summed E-state index contributed by atoms with van der Waals surface area (Å²) in [5, 5.41) is 2.79. The van der Waals surface area contributed by atoms with Gasteiger partial charge in [0, 0.05) is 38.1 Å². The average molecular weight is 418 g/mol. The normalized spacial score (nSPS) is 22.7. The fourth-order valence-corrected chi connectivity index (χ4v) is 4.95. The van der Waals surface area contributed by atoms with Crippen LogP contribution in [0.15, 0.2) is 0 Å². The van der Waals surface area contributed by atoms with E-state index in [1.165, 1.54) is 4.31 Å². The highest BCUT2D eigenvalue weighted by molar-refractivity contribution is 7.89. The molecule has 2 aliphatic rings. The van der Waals surface area contributed by atoms with Gasteiger partial charge in [0.15, 0.2) is 0 Å². The standard InChI is InChI=1S/C19H35N3O5S/c1-5-28(25,26)21-12-9-15(10-13-21)17(23)22-11-7-6-8-16(22)14-20-18(24)27-19(2,3)4/h15-16H,5-14H2,1-4H3,(H,20,24). The zero-order valence-corrected chi connectivity index (χ0v) is 18.4. The third kappa shape index (κ3) is 6.34. The molecule has 0 aromatic rings. The summed E-state index contributed by atoms with van der Waals surface area (Å²) < 4.78 is 30.8. The molecule has 2 amide bonds. The SMILES string of the molecule is CCS(=O)(=O)N1CCC(C(=O)N2CCCCC2CNC(=O)OC(C)(C)C)CC1. The molecule has 2 rings (SSSR count). The maximum Gasteiger partial charge on any atom is 0.407 e. The van der Waals surface area contributed by atoms with Crippen molar-refractivity contribution in [1.82, 2.24) is 14.5 Å². The first-order chi connectivity index (χ1) is 13.0. The molecule has 0 aromatic heterocycles. The van der Waals surface area contributed by atoms with Crippen LogP contribution in [-0.4, -0.2) is 73.2 Å². The van der Waals surface area contributed by atoms with Gasteiger partial charge in [-0.05, 0) is 59.8 Å². The molecule has 0 aromatic carbocycles. The Labute approximate surface area is 169 Å². The van der Waals surface area contributed by atoms with Crippen molar-refractivity contribution in [3.8, 4) is 0 Å². The number of nitrogens with zero attached hydrogens (tertiary/aromatic N) is 2. The van der Waals surface area contributed by atoms with E-state index >= 15 is 0 Å². The second kappa shape index (κ2) is 9.43. The molecular formula is C19H35N3O5S. The van der Waals surface area contributed by atoms with E-state index in [9.17, 15) is 18.0 Å². The average Bonchev–Trinajstić information content (AvgIpc) is 2.65. The smallest absolute Gasteiger partial charge is 0.407 e. The molecule has 2 fully saturated rings. The van der Waals surface area contributed by atoms with Crippen LogP contribution in [0.1, 0.15) is 59.8 Å². The third-order valence-corrected chi connectivity index (χ3v) is 7.23. The van der Waals surface area contributed by atoms with Crippen LogP contribution in [0.2, 0.25) is 0 Å². The molecule has 28 heavy (non-hydrogen) atoms. The Hall–Kier alpha value is -1.35. The summed E-state index contributed by atoms with van der Waals surface area (Å²) >= 11 is 0. The number of hydrogen-bond donors (Lipinski definition) is 1. The Morgan fingerprint density at radius 1 is 1.07 bits per heavy atom. The summed E-state index contributed by atoms with van der Waals surface area (Å²) in [6.45, 7) is 8.96. The molecule has 8 nitrogen and oxygen atoms in total. The number of rotatable bonds is 5. The van der Waals surface area contributed by atoms with E-state index in [4.69, 9.17) is 4.74 Å². The van der Waals surface area contributed by atoms with Crippen LogP contribution in [-0.2, 0) is 19.6 Å². The van der Waals surface area contributed by atoms with Crippen molar-refractivity contribution in [3.05, 3.63) is 0 Å². The predicted octanol–water partition coefficient (Wildman–Crippen LogP) is 1.95. The molecule has 0 bridgehead atoms. The first-order valence-corrected chi connectivity index (χ1v) is 11.9. The van der Waals surface area contributed by atoms with E-state index in [0.29, 0.717) is 39.0 Å². The van der Waals surface area contributed by atoms with Crippen molar-refractivity contribution in [1.29, 1.82) is 0 Å². The first-order valence-electron chi connectivity index (χ1n) is 10.3. The van der Waals surface area contributed by atoms with Crippen LogP contribution in [0.25, 0.3) is 0 Å². The van der Waals surface area contributed by atoms with Gasteiger partial charge < -0.3 is 15.0 Å². The van der Waals surface area contributed by atoms with E-state index < -0.39 is 21.7 Å². The number of alkyl carbamates (subject to hydrolysis) is 1. The topological polar surface area (TPSA) is 96.0 Å². The number of amides is 2. The van der Waals surface area contributed by atoms with E-state index in [1.807, 2.05) is 25.7 Å². The number of ether oxygens (including phenoxy) is 1. The summed E-state index contributed by atoms with van der Waals surface area (Å²) in [5.74, 6) is 0.0329. The fraction of sp³-hybridized carbons (Fsp3) is 0.895. The quantitative estimate of drug-likeness (QED) is 0.738. The third-order valence-electron chi connectivity index (χ3n) is 5.35. The van der Waals surface area contributed by atoms with Gasteiger partial charge in [-0.15, -0.1) is 0 Å². The summed E-state index contributed by atoms with van der Waals surface area (Å²) in [7, 11) is -3.19. The van der Waals surface area contributed by atoms with Gasteiger partial charge in [-0.2, -0.15) is 0 Å². The molecule has 0 aliphatic carbocycles. The highest BCUT2D eigenvalue weighted by atomic mass is 32.2. The Kier molecular flexibility index (Phi) is 7.73. The predicted molar refractivity (Wildman–Crippen MR) is 107 cm³/mol. The van der Waals surface area contributed by atoms with Gasteiger partial charge in [0.05, 0.1) is 5.75 Å². The molecule has 0 spiro atoms. The van der Waals surface area contributed by atoms with Crippen LogP contribution in [0, 0.1) is 5.92 Å². The van der Waals surface area contributed by atoms with Crippen molar-refractivity contribution in [2.75, 3.05) is 31.9 Å². The molecule has 0 radical (unpaired) electrons. The zero-order chi connectivity index (χ0) is 20.9. The lowest BCUT2D eigenvalue weighted by Crippen LogP contribution is -2.53. The number of carbonyl (C=O) groups excluding carboxylic acids is 2. The Morgan fingerprint density at radius 2 is 1.71 bits per heavy atom. The molecule has 9 heteroatoms. The van der Waals surface area contributed by atoms with Crippen molar-refractivity contribution in [2.45, 2.75) is 71.4 Å². The van der Waals surface area contributed by atoms with Crippen LogP contribution in [0.3, 0.4) is 0 Å². The minimum absolute atomic E-state index is 0.0360. The number of piperidine rings is 2. The largest absolute Gasteiger partial charge is 0.444 e. The molecule has 2 saturated heterocycles. The van der Waals surface area contributed by atoms with Gasteiger partial charge >= 0.3 is 6.09 Å². The number of hydrogen-bond acceptors (Lipinski definition) is 5. The Balaban J connectivity index is 1.91. The van der Waals surface area contributed by atoms with Gasteiger partial charge in [0.1, 0.15) is 5.60 Å². The number of carbonyl (C=O) groups is 2. The van der Waals surface area contributed by atoms with Gasteiger partial charge in [0.2, 0.25) is 15.9 Å². The Bertz CT molecular complexity index is 651. The van der Waals surface area contributed by atoms with E-state index in [-0.39, 0.29) is 23.6 Å². The molecule has 1 N–H and O–H groups in total. The van der Waals surface area contributed by atoms with Crippen LogP contribution in [0.4, 0.5) is 4.79 Å². The number of likely N-dealkylation sites (tertiary alicyclic amines) is 1. The van der Waals surface area contributed by atoms with Crippen molar-refractivity contribution in [2.24, 2.45) is 5.92 Å². The summed E-state index contributed by atoms with van der Waals surface area (Å²) in [6, 6.07) is -0.0360. The molecule has 162 valence electrons. The monoisotopic (exact) mass is 417 g/mol. The summed E-state index contributed by atoms with van der Waals surface area (Å²) in [5.41, 5.74) is -0.557. The molecular weight excluding hydrogens is 382 g/mol. The molecule has 2 heterocycles. The molecule has 2 aliphatic heterocycles. The van der Waals surface area contributed by atoms with Crippen LogP contribution < -0.4 is 5.32 Å². The molecule has 1 unspecified atom stereocenters. The lowest BCUT2D eigenvalue weighted by molar-refractivity contribution is -0.140. The lowest BCUT2D eigenvalue weighted by atomic mass is 9.93. The van der Waals surface area contributed by atoms with Crippen molar-refractivity contribution < 1.29 is 22.7 Å². The fourth-order valence-electron chi connectivity index (χ4n) is 3.82. The van der Waals surface area contributed by atoms with E-state index in [0.717, 1.165) is 19.3 Å². The maximum atomic E-state index is 13.1. The highest BCUT2D eigenvalue weighted by Crippen LogP contribution is 2.26. The second-order valence-electron chi connectivity index (χ2n) is 8.64. The van der Waals surface area contributed by atoms with Gasteiger partial charge in [0.25, 0.3) is 0 Å². The van der Waals surface area contributed by atoms with Crippen molar-refractivity contribution in [3.63, 3.8) is 0 Å². The van der Waals surface area contributed by atoms with Crippen molar-refractivity contribution >= 4 is 22.0 Å². The minimum Gasteiger partial charge on any atom is -0.444 e. The maximum absolute atomic E-state index is 13.1. The summed E-state index contributed by atoms with van der Waals surface area (Å²) in [4.78, 5) is 26.9. The molecule has 0 saturated carbocycles. The molecule has 1 atom stereocenters. The van der Waals surface area contributed by atoms with Gasteiger partial charge in [-0.3, -0.25) is 4.79 Å². The first kappa shape index (κ1) is 22.9. The lowest BCUT2D eigenvalue weighted by Gasteiger charge is -2.40. The van der Waals surface area contributed by atoms with Gasteiger partial charge in [-0.1, -0.05) is 0 Å². The minimum atomic E-state index is -3.19. The van der Waals surface area contributed by atoms with Crippen LogP contribution >= 0.6 is 0 Å². The Morgan fingerprint density at radius 3 is 2.29 bits per heavy atom. The highest BCUT2D eigenvalue weighted by Gasteiger charge is 2.35. The van der Waals surface area contributed by atoms with E-state index in [2.05, 4.69) is 5.32 Å².